The number of aromatic amines is 1. The predicted octanol–water partition coefficient (Wildman–Crippen LogP) is 1.67. The van der Waals surface area contributed by atoms with E-state index in [-0.39, 0.29) is 0 Å². The zero-order chi connectivity index (χ0) is 11.4. The minimum atomic E-state index is 0.676. The Kier molecular flexibility index (Phi) is 3.31. The smallest absolute Gasteiger partial charge is 0.129 e. The van der Waals surface area contributed by atoms with Gasteiger partial charge in [0.25, 0.3) is 0 Å². The van der Waals surface area contributed by atoms with E-state index in [4.69, 9.17) is 5.73 Å². The highest BCUT2D eigenvalue weighted by atomic mass is 14.9. The molecule has 16 heavy (non-hydrogen) atoms. The van der Waals surface area contributed by atoms with E-state index in [1.165, 1.54) is 0 Å². The maximum absolute atomic E-state index is 5.49. The predicted molar refractivity (Wildman–Crippen MR) is 63.9 cm³/mol. The molecule has 0 saturated carbocycles. The highest BCUT2D eigenvalue weighted by Crippen LogP contribution is 2.15. The molecule has 0 radical (unpaired) electrons. The molecular formula is C12H16N4. The summed E-state index contributed by atoms with van der Waals surface area (Å²) in [6.07, 6.45) is 3.66. The second kappa shape index (κ2) is 4.90. The quantitative estimate of drug-likeness (QED) is 0.817. The van der Waals surface area contributed by atoms with Crippen LogP contribution in [-0.4, -0.2) is 21.5 Å². The van der Waals surface area contributed by atoms with Crippen molar-refractivity contribution in [3.05, 3.63) is 35.9 Å². The molecule has 0 unspecified atom stereocenters. The monoisotopic (exact) mass is 216 g/mol. The Morgan fingerprint density at radius 3 is 2.94 bits per heavy atom. The Balaban J connectivity index is 2.29. The van der Waals surface area contributed by atoms with Crippen LogP contribution in [0.2, 0.25) is 0 Å². The molecule has 3 N–H and O–H groups in total. The zero-order valence-electron chi connectivity index (χ0n) is 9.40. The summed E-state index contributed by atoms with van der Waals surface area (Å²) >= 11 is 0. The molecule has 0 aliphatic rings. The lowest BCUT2D eigenvalue weighted by molar-refractivity contribution is 0.776. The van der Waals surface area contributed by atoms with Crippen LogP contribution >= 0.6 is 0 Å². The van der Waals surface area contributed by atoms with Crippen molar-refractivity contribution < 1.29 is 0 Å². The molecule has 0 spiro atoms. The Morgan fingerprint density at radius 2 is 2.25 bits per heavy atom. The fourth-order valence-corrected chi connectivity index (χ4v) is 1.63. The third kappa shape index (κ3) is 2.46. The van der Waals surface area contributed by atoms with Gasteiger partial charge in [0, 0.05) is 18.3 Å². The van der Waals surface area contributed by atoms with E-state index in [0.717, 1.165) is 35.7 Å². The van der Waals surface area contributed by atoms with Crippen LogP contribution in [0.25, 0.3) is 11.4 Å². The number of aromatic nitrogens is 3. The Morgan fingerprint density at radius 1 is 1.38 bits per heavy atom. The number of H-pyrrole nitrogens is 1. The van der Waals surface area contributed by atoms with Crippen molar-refractivity contribution in [1.82, 2.24) is 15.0 Å². The molecule has 2 aromatic rings. The molecule has 0 aromatic carbocycles. The van der Waals surface area contributed by atoms with Gasteiger partial charge in [0.1, 0.15) is 5.82 Å². The molecule has 2 heterocycles. The summed E-state index contributed by atoms with van der Waals surface area (Å²) < 4.78 is 0. The highest BCUT2D eigenvalue weighted by molar-refractivity contribution is 5.54. The highest BCUT2D eigenvalue weighted by Gasteiger charge is 2.04. The number of aryl methyl sites for hydroxylation is 2. The maximum atomic E-state index is 5.49. The Bertz CT molecular complexity index is 448. The summed E-state index contributed by atoms with van der Waals surface area (Å²) in [5, 5.41) is 0. The fraction of sp³-hybridized carbons (Fsp3) is 0.333. The van der Waals surface area contributed by atoms with E-state index in [9.17, 15) is 0 Å². The molecule has 0 bridgehead atoms. The van der Waals surface area contributed by atoms with Crippen molar-refractivity contribution in [2.75, 3.05) is 6.54 Å². The van der Waals surface area contributed by atoms with Crippen LogP contribution in [0.15, 0.2) is 24.4 Å². The van der Waals surface area contributed by atoms with Crippen molar-refractivity contribution in [2.24, 2.45) is 5.73 Å². The molecule has 4 nitrogen and oxygen atoms in total. The van der Waals surface area contributed by atoms with E-state index in [1.54, 1.807) is 0 Å². The van der Waals surface area contributed by atoms with Crippen LogP contribution in [-0.2, 0) is 6.42 Å². The maximum Gasteiger partial charge on any atom is 0.129 e. The van der Waals surface area contributed by atoms with Gasteiger partial charge in [-0.05, 0) is 38.1 Å². The van der Waals surface area contributed by atoms with E-state index >= 15 is 0 Å². The van der Waals surface area contributed by atoms with Gasteiger partial charge < -0.3 is 10.7 Å². The lowest BCUT2D eigenvalue weighted by Crippen LogP contribution is -2.04. The summed E-state index contributed by atoms with van der Waals surface area (Å²) in [7, 11) is 0. The summed E-state index contributed by atoms with van der Waals surface area (Å²) in [4.78, 5) is 12.1. The van der Waals surface area contributed by atoms with Crippen LogP contribution in [0.4, 0.5) is 0 Å². The molecule has 0 fully saturated rings. The zero-order valence-corrected chi connectivity index (χ0v) is 9.40. The molecule has 84 valence electrons. The van der Waals surface area contributed by atoms with Crippen LogP contribution in [0.1, 0.15) is 17.9 Å². The first kappa shape index (κ1) is 10.8. The molecule has 0 aliphatic heterocycles. The lowest BCUT2D eigenvalue weighted by atomic mass is 10.2. The molecule has 2 rings (SSSR count). The number of nitrogens with one attached hydrogen (secondary N) is 1. The van der Waals surface area contributed by atoms with Crippen molar-refractivity contribution in [1.29, 1.82) is 0 Å². The first-order valence-electron chi connectivity index (χ1n) is 5.48. The largest absolute Gasteiger partial charge is 0.360 e. The standard InChI is InChI=1S/C12H16N4/c1-9-8-11(10-4-3-7-14-10)16-12(15-9)5-2-6-13/h3-4,7-8,14H,2,5-6,13H2,1H3. The molecule has 0 amide bonds. The number of nitrogens with two attached hydrogens (primary N) is 1. The van der Waals surface area contributed by atoms with Gasteiger partial charge in [-0.25, -0.2) is 9.97 Å². The normalized spacial score (nSPS) is 10.6. The van der Waals surface area contributed by atoms with Gasteiger partial charge in [-0.15, -0.1) is 0 Å². The van der Waals surface area contributed by atoms with E-state index in [0.29, 0.717) is 6.54 Å². The number of nitrogens with zero attached hydrogens (tertiary/aromatic N) is 2. The van der Waals surface area contributed by atoms with Crippen molar-refractivity contribution in [2.45, 2.75) is 19.8 Å². The van der Waals surface area contributed by atoms with Crippen LogP contribution in [0, 0.1) is 6.92 Å². The SMILES string of the molecule is Cc1cc(-c2ccc[nH]2)nc(CCCN)n1. The second-order valence-electron chi connectivity index (χ2n) is 3.79. The van der Waals surface area contributed by atoms with Gasteiger partial charge in [-0.3, -0.25) is 0 Å². The Hall–Kier alpha value is -1.68. The second-order valence-corrected chi connectivity index (χ2v) is 3.79. The van der Waals surface area contributed by atoms with Gasteiger partial charge in [0.05, 0.1) is 11.4 Å². The molecule has 0 atom stereocenters. The number of rotatable bonds is 4. The molecular weight excluding hydrogens is 200 g/mol. The van der Waals surface area contributed by atoms with Crippen LogP contribution < -0.4 is 5.73 Å². The third-order valence-corrected chi connectivity index (χ3v) is 2.38. The third-order valence-electron chi connectivity index (χ3n) is 2.38. The van der Waals surface area contributed by atoms with Gasteiger partial charge in [-0.2, -0.15) is 0 Å². The average molecular weight is 216 g/mol. The average Bonchev–Trinajstić information content (AvgIpc) is 2.79. The lowest BCUT2D eigenvalue weighted by Gasteiger charge is -2.04. The summed E-state index contributed by atoms with van der Waals surface area (Å²) in [5.41, 5.74) is 8.45. The molecule has 0 saturated heterocycles. The van der Waals surface area contributed by atoms with E-state index in [1.807, 2.05) is 31.3 Å². The van der Waals surface area contributed by atoms with Crippen LogP contribution in [0.5, 0.6) is 0 Å². The van der Waals surface area contributed by atoms with Crippen molar-refractivity contribution >= 4 is 0 Å². The topological polar surface area (TPSA) is 67.6 Å². The Labute approximate surface area is 94.9 Å². The van der Waals surface area contributed by atoms with E-state index < -0.39 is 0 Å². The van der Waals surface area contributed by atoms with Crippen molar-refractivity contribution in [3.63, 3.8) is 0 Å². The van der Waals surface area contributed by atoms with Gasteiger partial charge in [0.2, 0.25) is 0 Å². The van der Waals surface area contributed by atoms with E-state index in [2.05, 4.69) is 15.0 Å². The van der Waals surface area contributed by atoms with Gasteiger partial charge in [-0.1, -0.05) is 0 Å². The molecule has 0 aliphatic carbocycles. The number of hydrogen-bond acceptors (Lipinski definition) is 3. The van der Waals surface area contributed by atoms with Crippen molar-refractivity contribution in [3.8, 4) is 11.4 Å². The summed E-state index contributed by atoms with van der Waals surface area (Å²) in [6.45, 7) is 2.66. The fourth-order valence-electron chi connectivity index (χ4n) is 1.63. The molecule has 2 aromatic heterocycles. The first-order valence-corrected chi connectivity index (χ1v) is 5.48. The summed E-state index contributed by atoms with van der Waals surface area (Å²) in [6, 6.07) is 5.96. The first-order chi connectivity index (χ1) is 7.79. The summed E-state index contributed by atoms with van der Waals surface area (Å²) in [5.74, 6) is 0.870. The minimum Gasteiger partial charge on any atom is -0.360 e. The molecule has 4 heteroatoms. The number of hydrogen-bond donors (Lipinski definition) is 2. The minimum absolute atomic E-state index is 0.676. The van der Waals surface area contributed by atoms with Gasteiger partial charge in [0.15, 0.2) is 0 Å². The van der Waals surface area contributed by atoms with Crippen LogP contribution in [0.3, 0.4) is 0 Å². The van der Waals surface area contributed by atoms with Gasteiger partial charge >= 0.3 is 0 Å².